The molecule has 2 aromatic rings. The summed E-state index contributed by atoms with van der Waals surface area (Å²) in [5.74, 6) is -0.0499. The van der Waals surface area contributed by atoms with Gasteiger partial charge in [-0.05, 0) is 25.0 Å². The molecule has 3 rings (SSSR count). The van der Waals surface area contributed by atoms with Crippen LogP contribution in [0.1, 0.15) is 42.5 Å². The molecule has 1 aromatic carbocycles. The summed E-state index contributed by atoms with van der Waals surface area (Å²) in [6.07, 6.45) is 7.10. The van der Waals surface area contributed by atoms with Gasteiger partial charge in [0.15, 0.2) is 0 Å². The molecule has 1 aliphatic rings. The van der Waals surface area contributed by atoms with E-state index in [4.69, 9.17) is 11.6 Å². The van der Waals surface area contributed by atoms with E-state index in [2.05, 4.69) is 10.3 Å². The summed E-state index contributed by atoms with van der Waals surface area (Å²) in [7, 11) is 0. The van der Waals surface area contributed by atoms with Crippen LogP contribution in [-0.2, 0) is 0 Å². The van der Waals surface area contributed by atoms with Crippen LogP contribution in [0.3, 0.4) is 0 Å². The highest BCUT2D eigenvalue weighted by molar-refractivity contribution is 6.21. The molecule has 2 atom stereocenters. The van der Waals surface area contributed by atoms with Gasteiger partial charge in [0, 0.05) is 17.6 Å². The molecule has 0 aliphatic heterocycles. The molecular weight excluding hydrogens is 284 g/mol. The van der Waals surface area contributed by atoms with E-state index in [-0.39, 0.29) is 17.3 Å². The smallest absolute Gasteiger partial charge is 0.252 e. The van der Waals surface area contributed by atoms with E-state index in [0.717, 1.165) is 36.6 Å². The van der Waals surface area contributed by atoms with Crippen LogP contribution < -0.4 is 5.32 Å². The van der Waals surface area contributed by atoms with Crippen LogP contribution in [0.5, 0.6) is 0 Å². The molecule has 1 saturated carbocycles. The predicted octanol–water partition coefficient (Wildman–Crippen LogP) is 3.90. The zero-order valence-corrected chi connectivity index (χ0v) is 12.6. The average Bonchev–Trinajstić information content (AvgIpc) is 2.71. The number of alkyl halides is 1. The van der Waals surface area contributed by atoms with Gasteiger partial charge in [0.25, 0.3) is 5.91 Å². The minimum absolute atomic E-state index is 0.0320. The predicted molar refractivity (Wildman–Crippen MR) is 85.7 cm³/mol. The standard InChI is InChI=1S/C17H19ClN2O/c18-14-7-2-1-3-9-16(14)20-17(21)13-10-11-19-15-8-5-4-6-12(13)15/h4-6,8,10-11,14,16H,1-3,7,9H2,(H,20,21). The fraction of sp³-hybridized carbons (Fsp3) is 0.412. The minimum Gasteiger partial charge on any atom is -0.348 e. The van der Waals surface area contributed by atoms with E-state index in [1.165, 1.54) is 6.42 Å². The van der Waals surface area contributed by atoms with Gasteiger partial charge in [0.1, 0.15) is 0 Å². The Morgan fingerprint density at radius 1 is 1.14 bits per heavy atom. The number of aromatic nitrogens is 1. The number of carbonyl (C=O) groups is 1. The van der Waals surface area contributed by atoms with Crippen molar-refractivity contribution in [2.75, 3.05) is 0 Å². The zero-order valence-electron chi connectivity index (χ0n) is 11.9. The first kappa shape index (κ1) is 14.3. The highest BCUT2D eigenvalue weighted by atomic mass is 35.5. The molecule has 1 N–H and O–H groups in total. The first-order chi connectivity index (χ1) is 10.3. The summed E-state index contributed by atoms with van der Waals surface area (Å²) in [5.41, 5.74) is 1.52. The molecule has 1 heterocycles. The summed E-state index contributed by atoms with van der Waals surface area (Å²) in [4.78, 5) is 16.9. The molecule has 21 heavy (non-hydrogen) atoms. The van der Waals surface area contributed by atoms with Crippen molar-refractivity contribution in [1.82, 2.24) is 10.3 Å². The monoisotopic (exact) mass is 302 g/mol. The van der Waals surface area contributed by atoms with Crippen molar-refractivity contribution in [2.24, 2.45) is 0 Å². The minimum atomic E-state index is -0.0499. The Morgan fingerprint density at radius 2 is 1.95 bits per heavy atom. The van der Waals surface area contributed by atoms with Crippen LogP contribution in [0, 0.1) is 0 Å². The van der Waals surface area contributed by atoms with Gasteiger partial charge in [0.05, 0.1) is 16.5 Å². The number of pyridine rings is 1. The maximum absolute atomic E-state index is 12.6. The van der Waals surface area contributed by atoms with Gasteiger partial charge < -0.3 is 5.32 Å². The third-order valence-corrected chi connectivity index (χ3v) is 4.66. The van der Waals surface area contributed by atoms with Crippen LogP contribution in [0.4, 0.5) is 0 Å². The summed E-state index contributed by atoms with van der Waals surface area (Å²) in [6, 6.07) is 9.55. The molecule has 1 fully saturated rings. The van der Waals surface area contributed by atoms with Crippen molar-refractivity contribution in [3.63, 3.8) is 0 Å². The largest absolute Gasteiger partial charge is 0.348 e. The maximum Gasteiger partial charge on any atom is 0.252 e. The van der Waals surface area contributed by atoms with Gasteiger partial charge in [0.2, 0.25) is 0 Å². The molecule has 3 nitrogen and oxygen atoms in total. The third kappa shape index (κ3) is 3.18. The van der Waals surface area contributed by atoms with Crippen LogP contribution in [0.2, 0.25) is 0 Å². The number of hydrogen-bond acceptors (Lipinski definition) is 2. The van der Waals surface area contributed by atoms with E-state index < -0.39 is 0 Å². The van der Waals surface area contributed by atoms with E-state index in [9.17, 15) is 4.79 Å². The second-order valence-electron chi connectivity index (χ2n) is 5.61. The van der Waals surface area contributed by atoms with Crippen LogP contribution >= 0.6 is 11.6 Å². The van der Waals surface area contributed by atoms with Crippen LogP contribution in [0.25, 0.3) is 10.9 Å². The maximum atomic E-state index is 12.6. The first-order valence-corrected chi connectivity index (χ1v) is 7.98. The second-order valence-corrected chi connectivity index (χ2v) is 6.17. The number of carbonyl (C=O) groups excluding carboxylic acids is 1. The number of para-hydroxylation sites is 1. The topological polar surface area (TPSA) is 42.0 Å². The molecule has 1 aliphatic carbocycles. The van der Waals surface area contributed by atoms with Crippen molar-refractivity contribution in [3.8, 4) is 0 Å². The van der Waals surface area contributed by atoms with E-state index in [1.54, 1.807) is 12.3 Å². The number of rotatable bonds is 2. The van der Waals surface area contributed by atoms with Crippen molar-refractivity contribution >= 4 is 28.4 Å². The van der Waals surface area contributed by atoms with E-state index in [1.807, 2.05) is 24.3 Å². The Hall–Kier alpha value is -1.61. The lowest BCUT2D eigenvalue weighted by molar-refractivity contribution is 0.0935. The summed E-state index contributed by atoms with van der Waals surface area (Å²) < 4.78 is 0. The van der Waals surface area contributed by atoms with Crippen LogP contribution in [-0.4, -0.2) is 22.3 Å². The SMILES string of the molecule is O=C(NC1CCCCCC1Cl)c1ccnc2ccccc12. The highest BCUT2D eigenvalue weighted by Crippen LogP contribution is 2.23. The first-order valence-electron chi connectivity index (χ1n) is 7.54. The molecular formula is C17H19ClN2O. The van der Waals surface area contributed by atoms with Crippen LogP contribution in [0.15, 0.2) is 36.5 Å². The lowest BCUT2D eigenvalue weighted by Gasteiger charge is -2.21. The van der Waals surface area contributed by atoms with Gasteiger partial charge >= 0.3 is 0 Å². The number of hydrogen-bond donors (Lipinski definition) is 1. The van der Waals surface area contributed by atoms with Gasteiger partial charge in [-0.1, -0.05) is 37.5 Å². The van der Waals surface area contributed by atoms with E-state index in [0.29, 0.717) is 5.56 Å². The third-order valence-electron chi connectivity index (χ3n) is 4.14. The number of fused-ring (bicyclic) bond motifs is 1. The van der Waals surface area contributed by atoms with Crippen molar-refractivity contribution in [2.45, 2.75) is 43.5 Å². The lowest BCUT2D eigenvalue weighted by atomic mass is 10.1. The molecule has 4 heteroatoms. The molecule has 1 aromatic heterocycles. The Bertz CT molecular complexity index is 638. The summed E-state index contributed by atoms with van der Waals surface area (Å²) >= 11 is 6.41. The molecule has 0 saturated heterocycles. The Morgan fingerprint density at radius 3 is 2.86 bits per heavy atom. The Labute approximate surface area is 129 Å². The fourth-order valence-corrected chi connectivity index (χ4v) is 3.31. The van der Waals surface area contributed by atoms with E-state index >= 15 is 0 Å². The molecule has 1 amide bonds. The van der Waals surface area contributed by atoms with Gasteiger partial charge in [-0.3, -0.25) is 9.78 Å². The molecule has 0 radical (unpaired) electrons. The highest BCUT2D eigenvalue weighted by Gasteiger charge is 2.24. The fourth-order valence-electron chi connectivity index (χ4n) is 2.96. The van der Waals surface area contributed by atoms with Crippen molar-refractivity contribution in [3.05, 3.63) is 42.1 Å². The lowest BCUT2D eigenvalue weighted by Crippen LogP contribution is -2.40. The quantitative estimate of drug-likeness (QED) is 0.675. The van der Waals surface area contributed by atoms with Crippen molar-refractivity contribution < 1.29 is 4.79 Å². The van der Waals surface area contributed by atoms with Gasteiger partial charge in [-0.25, -0.2) is 0 Å². The number of halogens is 1. The molecule has 0 spiro atoms. The molecule has 110 valence electrons. The second kappa shape index (κ2) is 6.44. The number of amides is 1. The molecule has 0 bridgehead atoms. The number of benzene rings is 1. The van der Waals surface area contributed by atoms with Gasteiger partial charge in [-0.15, -0.1) is 11.6 Å². The summed E-state index contributed by atoms with van der Waals surface area (Å²) in [6.45, 7) is 0. The van der Waals surface area contributed by atoms with Crippen molar-refractivity contribution in [1.29, 1.82) is 0 Å². The Balaban J connectivity index is 1.83. The normalized spacial score (nSPS) is 22.7. The number of nitrogens with one attached hydrogen (secondary N) is 1. The molecule has 2 unspecified atom stereocenters. The Kier molecular flexibility index (Phi) is 4.39. The summed E-state index contributed by atoms with van der Waals surface area (Å²) in [5, 5.41) is 4.04. The van der Waals surface area contributed by atoms with Gasteiger partial charge in [-0.2, -0.15) is 0 Å². The zero-order chi connectivity index (χ0) is 14.7. The number of nitrogens with zero attached hydrogens (tertiary/aromatic N) is 1. The average molecular weight is 303 g/mol.